The van der Waals surface area contributed by atoms with Crippen molar-refractivity contribution in [2.75, 3.05) is 5.88 Å². The molecule has 0 saturated carbocycles. The van der Waals surface area contributed by atoms with Crippen LogP contribution in [0.3, 0.4) is 0 Å². The Morgan fingerprint density at radius 3 is 2.71 bits per heavy atom. The van der Waals surface area contributed by atoms with E-state index in [1.54, 1.807) is 12.1 Å². The van der Waals surface area contributed by atoms with Gasteiger partial charge in [0.05, 0.1) is 0 Å². The van der Waals surface area contributed by atoms with Gasteiger partial charge in [-0.05, 0) is 42.4 Å². The maximum Gasteiger partial charge on any atom is 0.123 e. The highest BCUT2D eigenvalue weighted by atomic mass is 35.5. The van der Waals surface area contributed by atoms with Gasteiger partial charge in [-0.3, -0.25) is 0 Å². The third-order valence-electron chi connectivity index (χ3n) is 3.15. The summed E-state index contributed by atoms with van der Waals surface area (Å²) in [4.78, 5) is 0. The Labute approximate surface area is 109 Å². The minimum atomic E-state index is -0.155. The van der Waals surface area contributed by atoms with Crippen molar-refractivity contribution in [3.8, 4) is 0 Å². The maximum atomic E-state index is 13.1. The van der Waals surface area contributed by atoms with E-state index >= 15 is 0 Å². The van der Waals surface area contributed by atoms with Crippen LogP contribution in [0.15, 0.2) is 24.3 Å². The van der Waals surface area contributed by atoms with Gasteiger partial charge in [0, 0.05) is 5.88 Å². The molecule has 0 aliphatic carbocycles. The standard InChI is InChI=1S/C15H22ClF/c1-3-5-12(2)8-14(11-16)9-13-6-4-7-15(17)10-13/h4,6-7,10,12,14H,3,5,8-9,11H2,1-2H3. The topological polar surface area (TPSA) is 0 Å². The molecule has 0 aliphatic rings. The minimum Gasteiger partial charge on any atom is -0.207 e. The smallest absolute Gasteiger partial charge is 0.123 e. The molecule has 0 bridgehead atoms. The average Bonchev–Trinajstić information content (AvgIpc) is 2.28. The van der Waals surface area contributed by atoms with E-state index < -0.39 is 0 Å². The van der Waals surface area contributed by atoms with E-state index in [1.165, 1.54) is 18.9 Å². The third kappa shape index (κ3) is 5.54. The number of rotatable bonds is 7. The number of alkyl halides is 1. The lowest BCUT2D eigenvalue weighted by Gasteiger charge is -2.18. The molecular formula is C15H22ClF. The number of benzene rings is 1. The summed E-state index contributed by atoms with van der Waals surface area (Å²) in [7, 11) is 0. The molecule has 1 rings (SSSR count). The van der Waals surface area contributed by atoms with Gasteiger partial charge >= 0.3 is 0 Å². The second-order valence-corrected chi connectivity index (χ2v) is 5.29. The Morgan fingerprint density at radius 1 is 1.35 bits per heavy atom. The molecule has 0 N–H and O–H groups in total. The lowest BCUT2D eigenvalue weighted by molar-refractivity contribution is 0.393. The monoisotopic (exact) mass is 256 g/mol. The van der Waals surface area contributed by atoms with Crippen LogP contribution in [-0.2, 0) is 6.42 Å². The molecular weight excluding hydrogens is 235 g/mol. The molecule has 0 saturated heterocycles. The third-order valence-corrected chi connectivity index (χ3v) is 3.59. The van der Waals surface area contributed by atoms with E-state index in [0.717, 1.165) is 18.4 Å². The van der Waals surface area contributed by atoms with Gasteiger partial charge in [-0.2, -0.15) is 0 Å². The van der Waals surface area contributed by atoms with E-state index in [4.69, 9.17) is 11.6 Å². The Kier molecular flexibility index (Phi) is 6.57. The fourth-order valence-corrected chi connectivity index (χ4v) is 2.61. The summed E-state index contributed by atoms with van der Waals surface area (Å²) in [5.74, 6) is 1.67. The van der Waals surface area contributed by atoms with E-state index in [0.29, 0.717) is 17.7 Å². The second kappa shape index (κ2) is 7.71. The second-order valence-electron chi connectivity index (χ2n) is 4.98. The highest BCUT2D eigenvalue weighted by molar-refractivity contribution is 6.18. The molecule has 96 valence electrons. The van der Waals surface area contributed by atoms with Gasteiger partial charge in [0.15, 0.2) is 0 Å². The molecule has 2 atom stereocenters. The van der Waals surface area contributed by atoms with E-state index in [2.05, 4.69) is 13.8 Å². The zero-order valence-corrected chi connectivity index (χ0v) is 11.5. The minimum absolute atomic E-state index is 0.155. The number of hydrogen-bond donors (Lipinski definition) is 0. The van der Waals surface area contributed by atoms with Crippen molar-refractivity contribution in [3.63, 3.8) is 0 Å². The lowest BCUT2D eigenvalue weighted by atomic mass is 9.89. The fraction of sp³-hybridized carbons (Fsp3) is 0.600. The molecule has 0 radical (unpaired) electrons. The first kappa shape index (κ1) is 14.5. The number of halogens is 2. The van der Waals surface area contributed by atoms with E-state index in [1.807, 2.05) is 6.07 Å². The van der Waals surface area contributed by atoms with Gasteiger partial charge in [0.2, 0.25) is 0 Å². The largest absolute Gasteiger partial charge is 0.207 e. The molecule has 0 aromatic heterocycles. The van der Waals surface area contributed by atoms with Crippen LogP contribution in [0.1, 0.15) is 38.7 Å². The molecule has 0 aliphatic heterocycles. The zero-order chi connectivity index (χ0) is 12.7. The molecule has 0 nitrogen and oxygen atoms in total. The van der Waals surface area contributed by atoms with Gasteiger partial charge in [0.1, 0.15) is 5.82 Å². The summed E-state index contributed by atoms with van der Waals surface area (Å²) >= 11 is 6.01. The molecule has 17 heavy (non-hydrogen) atoms. The van der Waals surface area contributed by atoms with Crippen LogP contribution in [-0.4, -0.2) is 5.88 Å². The van der Waals surface area contributed by atoms with Crippen LogP contribution in [0.4, 0.5) is 4.39 Å². The van der Waals surface area contributed by atoms with Crippen LogP contribution in [0.25, 0.3) is 0 Å². The first-order valence-electron chi connectivity index (χ1n) is 6.46. The van der Waals surface area contributed by atoms with Crippen molar-refractivity contribution in [2.45, 2.75) is 39.5 Å². The van der Waals surface area contributed by atoms with E-state index in [9.17, 15) is 4.39 Å². The van der Waals surface area contributed by atoms with Crippen molar-refractivity contribution in [1.82, 2.24) is 0 Å². The van der Waals surface area contributed by atoms with Crippen LogP contribution in [0.2, 0.25) is 0 Å². The van der Waals surface area contributed by atoms with Crippen molar-refractivity contribution in [1.29, 1.82) is 0 Å². The molecule has 2 heteroatoms. The first-order chi connectivity index (χ1) is 8.15. The predicted molar refractivity (Wildman–Crippen MR) is 73.0 cm³/mol. The Hall–Kier alpha value is -0.560. The Bertz CT molecular complexity index is 324. The number of hydrogen-bond acceptors (Lipinski definition) is 0. The molecule has 1 aromatic rings. The van der Waals surface area contributed by atoms with Gasteiger partial charge in [-0.15, -0.1) is 11.6 Å². The lowest BCUT2D eigenvalue weighted by Crippen LogP contribution is -2.11. The molecule has 0 fully saturated rings. The molecule has 1 aromatic carbocycles. The van der Waals surface area contributed by atoms with Gasteiger partial charge in [-0.25, -0.2) is 4.39 Å². The fourth-order valence-electron chi connectivity index (χ4n) is 2.38. The van der Waals surface area contributed by atoms with Crippen molar-refractivity contribution < 1.29 is 4.39 Å². The summed E-state index contributed by atoms with van der Waals surface area (Å²) in [5.41, 5.74) is 1.05. The maximum absolute atomic E-state index is 13.1. The SMILES string of the molecule is CCCC(C)CC(CCl)Cc1cccc(F)c1. The van der Waals surface area contributed by atoms with Gasteiger partial charge < -0.3 is 0 Å². The average molecular weight is 257 g/mol. The Morgan fingerprint density at radius 2 is 2.12 bits per heavy atom. The molecule has 2 unspecified atom stereocenters. The van der Waals surface area contributed by atoms with Gasteiger partial charge in [0.25, 0.3) is 0 Å². The first-order valence-corrected chi connectivity index (χ1v) is 6.99. The van der Waals surface area contributed by atoms with E-state index in [-0.39, 0.29) is 5.82 Å². The van der Waals surface area contributed by atoms with Crippen LogP contribution < -0.4 is 0 Å². The van der Waals surface area contributed by atoms with Crippen LogP contribution in [0, 0.1) is 17.7 Å². The predicted octanol–water partition coefficient (Wildman–Crippen LogP) is 5.05. The van der Waals surface area contributed by atoms with Crippen LogP contribution >= 0.6 is 11.6 Å². The molecule has 0 amide bonds. The molecule has 0 spiro atoms. The van der Waals surface area contributed by atoms with Crippen LogP contribution in [0.5, 0.6) is 0 Å². The zero-order valence-electron chi connectivity index (χ0n) is 10.8. The Balaban J connectivity index is 2.51. The summed E-state index contributed by atoms with van der Waals surface area (Å²) in [6.45, 7) is 4.48. The summed E-state index contributed by atoms with van der Waals surface area (Å²) in [6.07, 6.45) is 4.48. The van der Waals surface area contributed by atoms with Crippen molar-refractivity contribution >= 4 is 11.6 Å². The van der Waals surface area contributed by atoms with Crippen molar-refractivity contribution in [3.05, 3.63) is 35.6 Å². The molecule has 0 heterocycles. The van der Waals surface area contributed by atoms with Crippen molar-refractivity contribution in [2.24, 2.45) is 11.8 Å². The highest BCUT2D eigenvalue weighted by Crippen LogP contribution is 2.22. The summed E-state index contributed by atoms with van der Waals surface area (Å²) in [5, 5.41) is 0. The normalized spacial score (nSPS) is 14.6. The van der Waals surface area contributed by atoms with Gasteiger partial charge in [-0.1, -0.05) is 38.8 Å². The highest BCUT2D eigenvalue weighted by Gasteiger charge is 2.13. The quantitative estimate of drug-likeness (QED) is 0.599. The summed E-state index contributed by atoms with van der Waals surface area (Å²) < 4.78 is 13.1. The summed E-state index contributed by atoms with van der Waals surface area (Å²) in [6, 6.07) is 6.85.